The molecule has 0 bridgehead atoms. The molecular weight excluding hydrogens is 256 g/mol. The molecule has 2 aromatic rings. The van der Waals surface area contributed by atoms with Gasteiger partial charge in [0.15, 0.2) is 0 Å². The summed E-state index contributed by atoms with van der Waals surface area (Å²) in [6.45, 7) is 8.81. The predicted molar refractivity (Wildman–Crippen MR) is 92.7 cm³/mol. The quantitative estimate of drug-likeness (QED) is 0.819. The predicted octanol–water partition coefficient (Wildman–Crippen LogP) is 4.22. The Bertz CT molecular complexity index is 557. The lowest BCUT2D eigenvalue weighted by atomic mass is 9.98. The fraction of sp³-hybridized carbons (Fsp3) is 0.474. The van der Waals surface area contributed by atoms with Crippen LogP contribution in [0.3, 0.4) is 0 Å². The molecule has 1 N–H and O–H groups in total. The molecule has 1 unspecified atom stereocenters. The molecule has 2 nitrogen and oxygen atoms in total. The number of nitrogens with one attached hydrogen (secondary N) is 1. The smallest absolute Gasteiger partial charge is 0.0455 e. The van der Waals surface area contributed by atoms with E-state index in [1.165, 1.54) is 16.3 Å². The molecule has 0 spiro atoms. The molecule has 0 heterocycles. The minimum Gasteiger partial charge on any atom is -0.309 e. The molecule has 2 heteroatoms. The van der Waals surface area contributed by atoms with E-state index in [0.29, 0.717) is 12.1 Å². The molecule has 0 radical (unpaired) electrons. The Labute approximate surface area is 129 Å². The molecule has 21 heavy (non-hydrogen) atoms. The molecule has 0 aliphatic rings. The highest BCUT2D eigenvalue weighted by molar-refractivity contribution is 5.86. The second-order valence-electron chi connectivity index (χ2n) is 6.11. The lowest BCUT2D eigenvalue weighted by Crippen LogP contribution is -2.37. The van der Waals surface area contributed by atoms with E-state index in [2.05, 4.69) is 80.5 Å². The Morgan fingerprint density at radius 1 is 1.05 bits per heavy atom. The van der Waals surface area contributed by atoms with Crippen molar-refractivity contribution in [3.8, 4) is 0 Å². The van der Waals surface area contributed by atoms with Gasteiger partial charge >= 0.3 is 0 Å². The van der Waals surface area contributed by atoms with Crippen molar-refractivity contribution in [3.63, 3.8) is 0 Å². The third-order valence-corrected chi connectivity index (χ3v) is 4.19. The Morgan fingerprint density at radius 2 is 1.76 bits per heavy atom. The van der Waals surface area contributed by atoms with Crippen LogP contribution in [-0.2, 0) is 0 Å². The van der Waals surface area contributed by atoms with E-state index in [1.54, 1.807) is 0 Å². The van der Waals surface area contributed by atoms with Crippen molar-refractivity contribution < 1.29 is 0 Å². The van der Waals surface area contributed by atoms with E-state index in [0.717, 1.165) is 19.5 Å². The second-order valence-corrected chi connectivity index (χ2v) is 6.11. The van der Waals surface area contributed by atoms with E-state index in [1.807, 2.05) is 0 Å². The van der Waals surface area contributed by atoms with Crippen molar-refractivity contribution in [2.24, 2.45) is 0 Å². The molecular formula is C19H28N2. The monoisotopic (exact) mass is 284 g/mol. The van der Waals surface area contributed by atoms with Gasteiger partial charge in [-0.2, -0.15) is 0 Å². The van der Waals surface area contributed by atoms with Crippen molar-refractivity contribution >= 4 is 10.8 Å². The maximum absolute atomic E-state index is 3.72. The number of nitrogens with zero attached hydrogens (tertiary/aromatic N) is 1. The Kier molecular flexibility index (Phi) is 5.77. The van der Waals surface area contributed by atoms with Crippen LogP contribution in [0, 0.1) is 0 Å². The zero-order valence-electron chi connectivity index (χ0n) is 13.8. The maximum Gasteiger partial charge on any atom is 0.0455 e. The molecule has 2 rings (SSSR count). The van der Waals surface area contributed by atoms with Crippen molar-refractivity contribution in [3.05, 3.63) is 48.0 Å². The Morgan fingerprint density at radius 3 is 2.48 bits per heavy atom. The van der Waals surface area contributed by atoms with Crippen LogP contribution >= 0.6 is 0 Å². The first-order valence-electron chi connectivity index (χ1n) is 8.04. The van der Waals surface area contributed by atoms with E-state index in [4.69, 9.17) is 0 Å². The van der Waals surface area contributed by atoms with Crippen LogP contribution in [0.4, 0.5) is 0 Å². The first-order chi connectivity index (χ1) is 10.1. The molecule has 0 aliphatic carbocycles. The van der Waals surface area contributed by atoms with Gasteiger partial charge in [0.05, 0.1) is 0 Å². The van der Waals surface area contributed by atoms with Crippen LogP contribution < -0.4 is 5.32 Å². The van der Waals surface area contributed by atoms with Crippen molar-refractivity contribution in [1.29, 1.82) is 0 Å². The van der Waals surface area contributed by atoms with Gasteiger partial charge in [0.1, 0.15) is 0 Å². The van der Waals surface area contributed by atoms with Crippen LogP contribution in [0.2, 0.25) is 0 Å². The number of hydrogen-bond acceptors (Lipinski definition) is 2. The van der Waals surface area contributed by atoms with E-state index >= 15 is 0 Å². The molecule has 0 aliphatic heterocycles. The van der Waals surface area contributed by atoms with Gasteiger partial charge in [0, 0.05) is 18.6 Å². The average Bonchev–Trinajstić information content (AvgIpc) is 2.50. The van der Waals surface area contributed by atoms with Crippen molar-refractivity contribution in [1.82, 2.24) is 10.2 Å². The van der Waals surface area contributed by atoms with Crippen LogP contribution in [0.5, 0.6) is 0 Å². The fourth-order valence-electron chi connectivity index (χ4n) is 2.64. The fourth-order valence-corrected chi connectivity index (χ4v) is 2.64. The normalized spacial score (nSPS) is 13.2. The average molecular weight is 284 g/mol. The van der Waals surface area contributed by atoms with E-state index in [9.17, 15) is 0 Å². The zero-order chi connectivity index (χ0) is 15.2. The van der Waals surface area contributed by atoms with Gasteiger partial charge in [-0.25, -0.2) is 0 Å². The number of hydrogen-bond donors (Lipinski definition) is 1. The Hall–Kier alpha value is -1.38. The summed E-state index contributed by atoms with van der Waals surface area (Å²) < 4.78 is 0. The summed E-state index contributed by atoms with van der Waals surface area (Å²) in [7, 11) is 2.20. The first kappa shape index (κ1) is 16.0. The number of likely N-dealkylation sites (N-methyl/N-ethyl adjacent to an activating group) is 1. The highest BCUT2D eigenvalue weighted by Gasteiger charge is 2.16. The molecule has 2 aromatic carbocycles. The van der Waals surface area contributed by atoms with Crippen LogP contribution in [-0.4, -0.2) is 31.1 Å². The van der Waals surface area contributed by atoms with Gasteiger partial charge in [-0.05, 0) is 50.2 Å². The summed E-state index contributed by atoms with van der Waals surface area (Å²) >= 11 is 0. The van der Waals surface area contributed by atoms with Gasteiger partial charge in [0.2, 0.25) is 0 Å². The summed E-state index contributed by atoms with van der Waals surface area (Å²) in [6.07, 6.45) is 1.16. The largest absolute Gasteiger partial charge is 0.309 e. The molecule has 0 fully saturated rings. The van der Waals surface area contributed by atoms with E-state index in [-0.39, 0.29) is 0 Å². The minimum atomic E-state index is 0.378. The van der Waals surface area contributed by atoms with Gasteiger partial charge in [-0.15, -0.1) is 0 Å². The molecule has 1 atom stereocenters. The van der Waals surface area contributed by atoms with Crippen molar-refractivity contribution in [2.45, 2.75) is 39.3 Å². The first-order valence-corrected chi connectivity index (χ1v) is 8.04. The van der Waals surface area contributed by atoms with Gasteiger partial charge in [-0.3, -0.25) is 0 Å². The summed E-state index contributed by atoms with van der Waals surface area (Å²) in [5.74, 6) is 0. The third-order valence-electron chi connectivity index (χ3n) is 4.19. The second kappa shape index (κ2) is 7.58. The maximum atomic E-state index is 3.72. The Balaban J connectivity index is 2.33. The summed E-state index contributed by atoms with van der Waals surface area (Å²) in [5.41, 5.74) is 1.41. The van der Waals surface area contributed by atoms with Crippen LogP contribution in [0.25, 0.3) is 10.8 Å². The SMILES string of the molecule is CCCNC(CN(C)C(C)C)c1cccc2ccccc12. The third kappa shape index (κ3) is 4.05. The van der Waals surface area contributed by atoms with Gasteiger partial charge < -0.3 is 10.2 Å². The molecule has 0 aromatic heterocycles. The molecule has 0 saturated carbocycles. The number of benzene rings is 2. The summed E-state index contributed by atoms with van der Waals surface area (Å²) in [4.78, 5) is 2.41. The van der Waals surface area contributed by atoms with Crippen LogP contribution in [0.1, 0.15) is 38.8 Å². The van der Waals surface area contributed by atoms with Gasteiger partial charge in [0.25, 0.3) is 0 Å². The van der Waals surface area contributed by atoms with Crippen molar-refractivity contribution in [2.75, 3.05) is 20.1 Å². The van der Waals surface area contributed by atoms with E-state index < -0.39 is 0 Å². The molecule has 0 amide bonds. The zero-order valence-corrected chi connectivity index (χ0v) is 13.8. The van der Waals surface area contributed by atoms with Crippen LogP contribution in [0.15, 0.2) is 42.5 Å². The van der Waals surface area contributed by atoms with Gasteiger partial charge in [-0.1, -0.05) is 49.4 Å². The topological polar surface area (TPSA) is 15.3 Å². The highest BCUT2D eigenvalue weighted by Crippen LogP contribution is 2.25. The summed E-state index contributed by atoms with van der Waals surface area (Å²) in [5, 5.41) is 6.41. The summed E-state index contributed by atoms with van der Waals surface area (Å²) in [6, 6.07) is 16.3. The highest BCUT2D eigenvalue weighted by atomic mass is 15.1. The number of rotatable bonds is 7. The lowest BCUT2D eigenvalue weighted by Gasteiger charge is -2.29. The minimum absolute atomic E-state index is 0.378. The lowest BCUT2D eigenvalue weighted by molar-refractivity contribution is 0.242. The standard InChI is InChI=1S/C19H28N2/c1-5-13-20-19(14-21(4)15(2)3)18-12-8-10-16-9-6-7-11-17(16)18/h6-12,15,19-20H,5,13-14H2,1-4H3. The molecule has 114 valence electrons. The number of fused-ring (bicyclic) bond motifs is 1. The molecule has 0 saturated heterocycles.